The van der Waals surface area contributed by atoms with Gasteiger partial charge in [-0.3, -0.25) is 19.3 Å². The lowest BCUT2D eigenvalue weighted by atomic mass is 10.1. The molecule has 36 heavy (non-hydrogen) atoms. The minimum Gasteiger partial charge on any atom is -0.494 e. The maximum absolute atomic E-state index is 13.0. The summed E-state index contributed by atoms with van der Waals surface area (Å²) >= 11 is 0.831. The Morgan fingerprint density at radius 2 is 1.75 bits per heavy atom. The third kappa shape index (κ3) is 4.89. The second kappa shape index (κ2) is 10.1. The predicted molar refractivity (Wildman–Crippen MR) is 142 cm³/mol. The van der Waals surface area contributed by atoms with Crippen LogP contribution in [-0.4, -0.2) is 39.7 Å². The summed E-state index contributed by atoms with van der Waals surface area (Å²) in [5, 5.41) is 4.48. The summed E-state index contributed by atoms with van der Waals surface area (Å²) in [5.41, 5.74) is 2.26. The fraction of sp³-hybridized carbons (Fsp3) is 0.107. The molecular weight excluding hydrogens is 474 g/mol. The Balaban J connectivity index is 1.30. The van der Waals surface area contributed by atoms with Crippen molar-refractivity contribution in [3.05, 3.63) is 95.7 Å². The molecule has 1 fully saturated rings. The van der Waals surface area contributed by atoms with Crippen molar-refractivity contribution in [2.24, 2.45) is 0 Å². The van der Waals surface area contributed by atoms with Gasteiger partial charge in [0.2, 0.25) is 5.91 Å². The van der Waals surface area contributed by atoms with Crippen LogP contribution in [0.25, 0.3) is 22.5 Å². The molecule has 0 spiro atoms. The van der Waals surface area contributed by atoms with Crippen molar-refractivity contribution in [1.82, 2.24) is 9.47 Å². The molecule has 1 aliphatic heterocycles. The van der Waals surface area contributed by atoms with Crippen molar-refractivity contribution in [3.8, 4) is 11.4 Å². The highest BCUT2D eigenvalue weighted by Crippen LogP contribution is 2.33. The number of thioether (sulfide) groups is 1. The van der Waals surface area contributed by atoms with Crippen LogP contribution in [0.5, 0.6) is 5.75 Å². The molecule has 0 unspecified atom stereocenters. The zero-order valence-electron chi connectivity index (χ0n) is 19.5. The molecule has 1 N–H and O–H groups in total. The van der Waals surface area contributed by atoms with Crippen molar-refractivity contribution in [3.63, 3.8) is 0 Å². The zero-order valence-corrected chi connectivity index (χ0v) is 20.3. The Bertz CT molecular complexity index is 1490. The first-order valence-corrected chi connectivity index (χ1v) is 12.3. The molecule has 0 bridgehead atoms. The standard InChI is InChI=1S/C28H23N3O4S/c1-2-35-24-13-10-21(11-14-24)29-26(32)18-31-27(33)25(36-28(31)34)17-22-8-5-15-30(22)23-12-9-19-6-3-4-7-20(19)16-23/h3-17H,2,18H2,1H3,(H,29,32)/b25-17-. The SMILES string of the molecule is CCOc1ccc(NC(=O)CN2C(=O)S/C(=C\c3cccn3-c3ccc4ccccc4c3)C2=O)cc1. The molecule has 7 nitrogen and oxygen atoms in total. The Kier molecular flexibility index (Phi) is 6.60. The van der Waals surface area contributed by atoms with E-state index in [1.54, 1.807) is 30.3 Å². The normalized spacial score (nSPS) is 14.6. The fourth-order valence-corrected chi connectivity index (χ4v) is 4.81. The molecule has 180 valence electrons. The molecule has 0 radical (unpaired) electrons. The number of benzene rings is 3. The molecular formula is C28H23N3O4S. The van der Waals surface area contributed by atoms with Gasteiger partial charge in [0, 0.05) is 23.3 Å². The van der Waals surface area contributed by atoms with Crippen LogP contribution in [0.2, 0.25) is 0 Å². The molecule has 4 aromatic rings. The lowest BCUT2D eigenvalue weighted by Gasteiger charge is -2.13. The molecule has 0 aliphatic carbocycles. The Morgan fingerprint density at radius 1 is 0.972 bits per heavy atom. The van der Waals surface area contributed by atoms with Gasteiger partial charge in [-0.05, 0) is 84.1 Å². The van der Waals surface area contributed by atoms with Gasteiger partial charge in [-0.15, -0.1) is 0 Å². The van der Waals surface area contributed by atoms with Gasteiger partial charge < -0.3 is 14.6 Å². The number of nitrogens with one attached hydrogen (secondary N) is 1. The van der Waals surface area contributed by atoms with Crippen molar-refractivity contribution < 1.29 is 19.1 Å². The highest BCUT2D eigenvalue weighted by atomic mass is 32.2. The third-order valence-electron chi connectivity index (χ3n) is 5.69. The van der Waals surface area contributed by atoms with Crippen LogP contribution in [0.3, 0.4) is 0 Å². The predicted octanol–water partition coefficient (Wildman–Crippen LogP) is 5.70. The summed E-state index contributed by atoms with van der Waals surface area (Å²) < 4.78 is 7.35. The number of amides is 3. The highest BCUT2D eigenvalue weighted by molar-refractivity contribution is 8.18. The second-order valence-corrected chi connectivity index (χ2v) is 9.10. The maximum atomic E-state index is 13.0. The lowest BCUT2D eigenvalue weighted by molar-refractivity contribution is -0.127. The largest absolute Gasteiger partial charge is 0.494 e. The van der Waals surface area contributed by atoms with Gasteiger partial charge in [0.1, 0.15) is 12.3 Å². The molecule has 0 atom stereocenters. The zero-order chi connectivity index (χ0) is 25.1. The van der Waals surface area contributed by atoms with E-state index in [1.807, 2.05) is 60.2 Å². The van der Waals surface area contributed by atoms with Gasteiger partial charge >= 0.3 is 0 Å². The topological polar surface area (TPSA) is 80.6 Å². The number of imide groups is 1. The average Bonchev–Trinajstić information content (AvgIpc) is 3.45. The van der Waals surface area contributed by atoms with Crippen LogP contribution in [0.15, 0.2) is 90.0 Å². The molecule has 1 saturated heterocycles. The lowest BCUT2D eigenvalue weighted by Crippen LogP contribution is -2.36. The Hall–Kier alpha value is -4.30. The minimum atomic E-state index is -0.488. The first kappa shape index (κ1) is 23.4. The number of nitrogens with zero attached hydrogens (tertiary/aromatic N) is 2. The minimum absolute atomic E-state index is 0.273. The van der Waals surface area contributed by atoms with Crippen LogP contribution in [-0.2, 0) is 9.59 Å². The number of fused-ring (bicyclic) bond motifs is 1. The number of anilines is 1. The molecule has 2 heterocycles. The van der Waals surface area contributed by atoms with E-state index in [1.165, 1.54) is 0 Å². The third-order valence-corrected chi connectivity index (χ3v) is 6.60. The van der Waals surface area contributed by atoms with E-state index in [2.05, 4.69) is 17.4 Å². The molecule has 0 saturated carbocycles. The smallest absolute Gasteiger partial charge is 0.294 e. The van der Waals surface area contributed by atoms with E-state index in [4.69, 9.17) is 4.74 Å². The van der Waals surface area contributed by atoms with E-state index < -0.39 is 17.1 Å². The molecule has 1 aromatic heterocycles. The molecule has 8 heteroatoms. The van der Waals surface area contributed by atoms with E-state index in [-0.39, 0.29) is 11.4 Å². The van der Waals surface area contributed by atoms with E-state index in [9.17, 15) is 14.4 Å². The monoisotopic (exact) mass is 497 g/mol. The Labute approximate surface area is 212 Å². The van der Waals surface area contributed by atoms with Gasteiger partial charge in [0.15, 0.2) is 0 Å². The molecule has 3 amide bonds. The van der Waals surface area contributed by atoms with Crippen LogP contribution in [0.4, 0.5) is 10.5 Å². The van der Waals surface area contributed by atoms with Crippen molar-refractivity contribution in [1.29, 1.82) is 0 Å². The summed E-state index contributed by atoms with van der Waals surface area (Å²) in [4.78, 5) is 39.3. The molecule has 5 rings (SSSR count). The number of carbonyl (C=O) groups is 3. The number of aromatic nitrogens is 1. The van der Waals surface area contributed by atoms with Crippen LogP contribution in [0, 0.1) is 0 Å². The first-order chi connectivity index (χ1) is 17.5. The summed E-state index contributed by atoms with van der Waals surface area (Å²) in [6.45, 7) is 2.08. The number of ether oxygens (including phenoxy) is 1. The van der Waals surface area contributed by atoms with Gasteiger partial charge in [-0.2, -0.15) is 0 Å². The summed E-state index contributed by atoms with van der Waals surface area (Å²) in [5.74, 6) is -0.250. The molecule has 1 aliphatic rings. The first-order valence-electron chi connectivity index (χ1n) is 11.5. The van der Waals surface area contributed by atoms with Gasteiger partial charge in [0.05, 0.1) is 11.5 Å². The fourth-order valence-electron chi connectivity index (χ4n) is 3.99. The summed E-state index contributed by atoms with van der Waals surface area (Å²) in [7, 11) is 0. The van der Waals surface area contributed by atoms with E-state index in [0.29, 0.717) is 18.0 Å². The van der Waals surface area contributed by atoms with Crippen LogP contribution >= 0.6 is 11.8 Å². The number of rotatable bonds is 7. The average molecular weight is 498 g/mol. The maximum Gasteiger partial charge on any atom is 0.294 e. The van der Waals surface area contributed by atoms with E-state index in [0.717, 1.165) is 38.8 Å². The highest BCUT2D eigenvalue weighted by Gasteiger charge is 2.36. The molecule has 3 aromatic carbocycles. The Morgan fingerprint density at radius 3 is 2.53 bits per heavy atom. The van der Waals surface area contributed by atoms with Gasteiger partial charge in [0.25, 0.3) is 11.1 Å². The van der Waals surface area contributed by atoms with E-state index >= 15 is 0 Å². The second-order valence-electron chi connectivity index (χ2n) is 8.11. The van der Waals surface area contributed by atoms with Crippen molar-refractivity contribution in [2.45, 2.75) is 6.92 Å². The number of carbonyl (C=O) groups excluding carboxylic acids is 3. The summed E-state index contributed by atoms with van der Waals surface area (Å²) in [6, 6.07) is 24.9. The van der Waals surface area contributed by atoms with Gasteiger partial charge in [-0.25, -0.2) is 0 Å². The number of hydrogen-bond acceptors (Lipinski definition) is 5. The van der Waals surface area contributed by atoms with Crippen LogP contribution in [0.1, 0.15) is 12.6 Å². The van der Waals surface area contributed by atoms with Crippen molar-refractivity contribution in [2.75, 3.05) is 18.5 Å². The summed E-state index contributed by atoms with van der Waals surface area (Å²) in [6.07, 6.45) is 3.59. The van der Waals surface area contributed by atoms with Crippen molar-refractivity contribution >= 4 is 51.4 Å². The van der Waals surface area contributed by atoms with Gasteiger partial charge in [-0.1, -0.05) is 30.3 Å². The van der Waals surface area contributed by atoms with Crippen LogP contribution < -0.4 is 10.1 Å². The quantitative estimate of drug-likeness (QED) is 0.331. The number of hydrogen-bond donors (Lipinski definition) is 1.